The fourth-order valence-electron chi connectivity index (χ4n) is 3.30. The fraction of sp³-hybridized carbons (Fsp3) is 0.435. The lowest BCUT2D eigenvalue weighted by atomic mass is 10.0. The molecule has 16 heteroatoms. The minimum Gasteiger partial charge on any atom is -0.508 e. The summed E-state index contributed by atoms with van der Waals surface area (Å²) in [7, 11) is 0. The molecule has 16 nitrogen and oxygen atoms in total. The summed E-state index contributed by atoms with van der Waals surface area (Å²) in [4.78, 5) is 83.2. The lowest BCUT2D eigenvalue weighted by Crippen LogP contribution is -2.57. The molecule has 1 aromatic carbocycles. The van der Waals surface area contributed by atoms with E-state index >= 15 is 0 Å². The number of benzene rings is 1. The number of aliphatic carboxylic acids is 2. The maximum Gasteiger partial charge on any atom is 0.326 e. The topological polar surface area (TPSA) is 294 Å². The number of carbonyl (C=O) groups excluding carboxylic acids is 5. The molecule has 0 aliphatic heterocycles. The van der Waals surface area contributed by atoms with Crippen LogP contribution < -0.4 is 33.2 Å². The predicted molar refractivity (Wildman–Crippen MR) is 132 cm³/mol. The Morgan fingerprint density at radius 1 is 0.718 bits per heavy atom. The van der Waals surface area contributed by atoms with Gasteiger partial charge in [-0.1, -0.05) is 12.1 Å². The number of phenolic OH excluding ortho intramolecular Hbond substituents is 1. The van der Waals surface area contributed by atoms with Crippen molar-refractivity contribution in [2.45, 2.75) is 62.7 Å². The number of hydrogen-bond acceptors (Lipinski definition) is 9. The van der Waals surface area contributed by atoms with Crippen LogP contribution in [0.4, 0.5) is 0 Å². The molecule has 0 radical (unpaired) electrons. The average Bonchev–Trinajstić information content (AvgIpc) is 2.84. The number of aromatic hydroxyl groups is 1. The van der Waals surface area contributed by atoms with Gasteiger partial charge >= 0.3 is 11.9 Å². The molecule has 0 saturated carbocycles. The Kier molecular flexibility index (Phi) is 12.8. The minimum absolute atomic E-state index is 0.00130. The van der Waals surface area contributed by atoms with Crippen molar-refractivity contribution in [2.24, 2.45) is 17.2 Å². The van der Waals surface area contributed by atoms with Crippen LogP contribution in [0.15, 0.2) is 24.3 Å². The molecule has 0 bridgehead atoms. The summed E-state index contributed by atoms with van der Waals surface area (Å²) in [6.45, 7) is 0. The van der Waals surface area contributed by atoms with E-state index in [2.05, 4.69) is 10.6 Å². The highest BCUT2D eigenvalue weighted by molar-refractivity contribution is 5.95. The van der Waals surface area contributed by atoms with Crippen LogP contribution in [0.1, 0.15) is 37.7 Å². The molecule has 0 aromatic heterocycles. The standard InChI is InChI=1S/C23H32N6O10/c24-13(9-11-1-3-12(30)4-2-11)20(35)27-15(6-8-19(33)34)21(36)28-14(5-7-17(25)31)22(37)29-16(23(38)39)10-18(26)32/h1-4,13-16,30H,5-10,24H2,(H2,25,31)(H2,26,32)(H,27,35)(H,28,36)(H,29,37)(H,33,34)(H,38,39). The van der Waals surface area contributed by atoms with E-state index in [0.717, 1.165) is 0 Å². The Morgan fingerprint density at radius 3 is 1.67 bits per heavy atom. The van der Waals surface area contributed by atoms with E-state index in [-0.39, 0.29) is 18.6 Å². The van der Waals surface area contributed by atoms with Crippen LogP contribution in [-0.2, 0) is 40.0 Å². The first-order valence-corrected chi connectivity index (χ1v) is 11.6. The Morgan fingerprint density at radius 2 is 1.21 bits per heavy atom. The summed E-state index contributed by atoms with van der Waals surface area (Å²) in [5.41, 5.74) is 16.6. The van der Waals surface area contributed by atoms with E-state index in [1.807, 2.05) is 5.32 Å². The second-order valence-electron chi connectivity index (χ2n) is 8.61. The molecule has 0 aliphatic carbocycles. The number of carboxylic acid groups (broad SMARTS) is 2. The molecule has 1 rings (SSSR count). The van der Waals surface area contributed by atoms with Crippen LogP contribution in [0.5, 0.6) is 5.75 Å². The molecule has 0 saturated heterocycles. The SMILES string of the molecule is NC(=O)CCC(NC(=O)C(CCC(=O)O)NC(=O)C(N)Cc1ccc(O)cc1)C(=O)NC(CC(N)=O)C(=O)O. The van der Waals surface area contributed by atoms with Gasteiger partial charge in [0.1, 0.15) is 23.9 Å². The van der Waals surface area contributed by atoms with Gasteiger partial charge in [-0.3, -0.25) is 28.8 Å². The van der Waals surface area contributed by atoms with E-state index in [9.17, 15) is 43.8 Å². The summed E-state index contributed by atoms with van der Waals surface area (Å²) >= 11 is 0. The lowest BCUT2D eigenvalue weighted by molar-refractivity contribution is -0.144. The number of primary amides is 2. The molecule has 5 amide bonds. The minimum atomic E-state index is -1.73. The summed E-state index contributed by atoms with van der Waals surface area (Å²) in [6.07, 6.45) is -2.48. The summed E-state index contributed by atoms with van der Waals surface area (Å²) in [6, 6.07) is -0.100. The third-order valence-corrected chi connectivity index (χ3v) is 5.34. The van der Waals surface area contributed by atoms with Gasteiger partial charge in [0.25, 0.3) is 0 Å². The van der Waals surface area contributed by atoms with Gasteiger partial charge in [0.2, 0.25) is 29.5 Å². The molecule has 0 fully saturated rings. The zero-order chi connectivity index (χ0) is 29.7. The van der Waals surface area contributed by atoms with Crippen molar-refractivity contribution in [1.29, 1.82) is 0 Å². The van der Waals surface area contributed by atoms with Gasteiger partial charge in [0.05, 0.1) is 12.5 Å². The van der Waals surface area contributed by atoms with Gasteiger partial charge in [-0.05, 0) is 37.0 Å². The first kappa shape index (κ1) is 32.3. The van der Waals surface area contributed by atoms with Crippen LogP contribution >= 0.6 is 0 Å². The van der Waals surface area contributed by atoms with Gasteiger partial charge < -0.3 is 48.5 Å². The van der Waals surface area contributed by atoms with E-state index in [1.165, 1.54) is 24.3 Å². The predicted octanol–water partition coefficient (Wildman–Crippen LogP) is -3.19. The van der Waals surface area contributed by atoms with Crippen molar-refractivity contribution < 1.29 is 48.9 Å². The molecule has 214 valence electrons. The third kappa shape index (κ3) is 12.4. The largest absolute Gasteiger partial charge is 0.508 e. The Labute approximate surface area is 222 Å². The van der Waals surface area contributed by atoms with Gasteiger partial charge in [-0.25, -0.2) is 4.79 Å². The molecule has 1 aromatic rings. The Hall–Kier alpha value is -4.73. The highest BCUT2D eigenvalue weighted by Crippen LogP contribution is 2.11. The summed E-state index contributed by atoms with van der Waals surface area (Å²) < 4.78 is 0. The van der Waals surface area contributed by atoms with E-state index in [1.54, 1.807) is 0 Å². The van der Waals surface area contributed by atoms with Crippen molar-refractivity contribution in [2.75, 3.05) is 0 Å². The van der Waals surface area contributed by atoms with E-state index in [0.29, 0.717) is 5.56 Å². The van der Waals surface area contributed by atoms with Crippen LogP contribution in [0.2, 0.25) is 0 Å². The highest BCUT2D eigenvalue weighted by atomic mass is 16.4. The third-order valence-electron chi connectivity index (χ3n) is 5.34. The highest BCUT2D eigenvalue weighted by Gasteiger charge is 2.31. The number of rotatable bonds is 17. The Balaban J connectivity index is 3.04. The number of nitrogens with two attached hydrogens (primary N) is 3. The molecular weight excluding hydrogens is 520 g/mol. The molecular formula is C23H32N6O10. The quantitative estimate of drug-likeness (QED) is 0.0927. The molecule has 0 aliphatic rings. The second kappa shape index (κ2) is 15.5. The normalized spacial score (nSPS) is 13.7. The van der Waals surface area contributed by atoms with Crippen LogP contribution in [-0.4, -0.2) is 81.0 Å². The van der Waals surface area contributed by atoms with Crippen molar-refractivity contribution in [3.05, 3.63) is 29.8 Å². The van der Waals surface area contributed by atoms with E-state index in [4.69, 9.17) is 22.3 Å². The number of phenols is 1. The number of carboxylic acids is 2. The fourth-order valence-corrected chi connectivity index (χ4v) is 3.30. The zero-order valence-corrected chi connectivity index (χ0v) is 20.8. The first-order chi connectivity index (χ1) is 18.2. The molecule has 12 N–H and O–H groups in total. The molecule has 39 heavy (non-hydrogen) atoms. The van der Waals surface area contributed by atoms with Gasteiger partial charge in [0, 0.05) is 12.8 Å². The van der Waals surface area contributed by atoms with Crippen molar-refractivity contribution in [3.8, 4) is 5.75 Å². The van der Waals surface area contributed by atoms with Crippen molar-refractivity contribution >= 4 is 41.5 Å². The van der Waals surface area contributed by atoms with Crippen molar-refractivity contribution in [1.82, 2.24) is 16.0 Å². The Bertz CT molecular complexity index is 1080. The summed E-state index contributed by atoms with van der Waals surface area (Å²) in [5, 5.41) is 34.2. The molecule has 0 spiro atoms. The molecule has 4 unspecified atom stereocenters. The smallest absolute Gasteiger partial charge is 0.326 e. The first-order valence-electron chi connectivity index (χ1n) is 11.6. The number of hydrogen-bond donors (Lipinski definition) is 9. The maximum atomic E-state index is 13.0. The zero-order valence-electron chi connectivity index (χ0n) is 20.8. The van der Waals surface area contributed by atoms with Crippen LogP contribution in [0, 0.1) is 0 Å². The molecule has 4 atom stereocenters. The number of carbonyl (C=O) groups is 7. The van der Waals surface area contributed by atoms with E-state index < -0.39 is 91.3 Å². The number of amides is 5. The monoisotopic (exact) mass is 552 g/mol. The van der Waals surface area contributed by atoms with Crippen LogP contribution in [0.25, 0.3) is 0 Å². The van der Waals surface area contributed by atoms with Gasteiger partial charge in [-0.15, -0.1) is 0 Å². The molecule has 0 heterocycles. The van der Waals surface area contributed by atoms with Gasteiger partial charge in [-0.2, -0.15) is 0 Å². The van der Waals surface area contributed by atoms with Crippen molar-refractivity contribution in [3.63, 3.8) is 0 Å². The maximum absolute atomic E-state index is 13.0. The second-order valence-corrected chi connectivity index (χ2v) is 8.61. The van der Waals surface area contributed by atoms with Gasteiger partial charge in [0.15, 0.2) is 0 Å². The lowest BCUT2D eigenvalue weighted by Gasteiger charge is -2.25. The summed E-state index contributed by atoms with van der Waals surface area (Å²) in [5.74, 6) is -7.67. The number of nitrogens with one attached hydrogen (secondary N) is 3. The average molecular weight is 553 g/mol. The van der Waals surface area contributed by atoms with Crippen LogP contribution in [0.3, 0.4) is 0 Å².